The molecule has 2 heterocycles. The zero-order chi connectivity index (χ0) is 16.1. The fourth-order valence-electron chi connectivity index (χ4n) is 3.88. The molecule has 3 rings (SSSR count). The second kappa shape index (κ2) is 7.67. The van der Waals surface area contributed by atoms with Crippen molar-refractivity contribution in [1.82, 2.24) is 10.2 Å². The molecule has 5 heteroatoms. The molecule has 0 unspecified atom stereocenters. The zero-order valence-electron chi connectivity index (χ0n) is 14.1. The van der Waals surface area contributed by atoms with Crippen LogP contribution in [0.5, 0.6) is 0 Å². The van der Waals surface area contributed by atoms with Gasteiger partial charge in [0, 0.05) is 29.9 Å². The molecule has 2 aliphatic rings. The summed E-state index contributed by atoms with van der Waals surface area (Å²) in [7, 11) is 0. The molecule has 23 heavy (non-hydrogen) atoms. The van der Waals surface area contributed by atoms with Crippen molar-refractivity contribution >= 4 is 17.3 Å². The van der Waals surface area contributed by atoms with Gasteiger partial charge in [-0.3, -0.25) is 4.99 Å². The summed E-state index contributed by atoms with van der Waals surface area (Å²) in [5, 5.41) is 15.4. The van der Waals surface area contributed by atoms with Crippen molar-refractivity contribution in [2.75, 3.05) is 26.2 Å². The normalized spacial score (nSPS) is 24.9. The third kappa shape index (κ3) is 3.89. The molecule has 4 nitrogen and oxygen atoms in total. The average Bonchev–Trinajstić information content (AvgIpc) is 3.24. The lowest BCUT2D eigenvalue weighted by atomic mass is 9.73. The van der Waals surface area contributed by atoms with Crippen LogP contribution < -0.4 is 5.32 Å². The Morgan fingerprint density at radius 1 is 1.43 bits per heavy atom. The Morgan fingerprint density at radius 3 is 2.87 bits per heavy atom. The van der Waals surface area contributed by atoms with E-state index in [1.54, 1.807) is 0 Å². The molecule has 1 saturated carbocycles. The van der Waals surface area contributed by atoms with E-state index in [0.717, 1.165) is 32.0 Å². The Hall–Kier alpha value is -1.07. The van der Waals surface area contributed by atoms with Gasteiger partial charge in [0.1, 0.15) is 0 Å². The maximum absolute atomic E-state index is 9.81. The molecule has 1 saturated heterocycles. The molecule has 1 aliphatic carbocycles. The molecule has 0 radical (unpaired) electrons. The highest BCUT2D eigenvalue weighted by Gasteiger charge is 2.35. The summed E-state index contributed by atoms with van der Waals surface area (Å²) in [6, 6.07) is 4.46. The van der Waals surface area contributed by atoms with Gasteiger partial charge in [-0.25, -0.2) is 0 Å². The van der Waals surface area contributed by atoms with Gasteiger partial charge in [-0.05, 0) is 37.6 Å². The van der Waals surface area contributed by atoms with E-state index in [1.165, 1.54) is 37.0 Å². The van der Waals surface area contributed by atoms with Crippen molar-refractivity contribution < 1.29 is 5.11 Å². The first-order valence-corrected chi connectivity index (χ1v) is 9.87. The van der Waals surface area contributed by atoms with Gasteiger partial charge in [0.25, 0.3) is 0 Å². The van der Waals surface area contributed by atoms with Crippen molar-refractivity contribution in [3.05, 3.63) is 22.4 Å². The van der Waals surface area contributed by atoms with Gasteiger partial charge >= 0.3 is 0 Å². The van der Waals surface area contributed by atoms with Crippen LogP contribution >= 0.6 is 11.3 Å². The van der Waals surface area contributed by atoms with Crippen molar-refractivity contribution in [1.29, 1.82) is 0 Å². The van der Waals surface area contributed by atoms with Crippen LogP contribution in [0.25, 0.3) is 0 Å². The van der Waals surface area contributed by atoms with E-state index in [4.69, 9.17) is 4.99 Å². The number of hydrogen-bond donors (Lipinski definition) is 2. The topological polar surface area (TPSA) is 47.9 Å². The predicted octanol–water partition coefficient (Wildman–Crippen LogP) is 2.98. The number of thiophene rings is 1. The molecule has 1 aromatic heterocycles. The first-order chi connectivity index (χ1) is 11.2. The Balaban J connectivity index is 1.77. The molecule has 0 spiro atoms. The van der Waals surface area contributed by atoms with Gasteiger partial charge < -0.3 is 15.3 Å². The van der Waals surface area contributed by atoms with Crippen LogP contribution in [0.3, 0.4) is 0 Å². The molecular formula is C18H29N3OS. The van der Waals surface area contributed by atoms with Gasteiger partial charge in [-0.15, -0.1) is 11.3 Å². The molecule has 1 atom stereocenters. The van der Waals surface area contributed by atoms with Crippen LogP contribution in [0.4, 0.5) is 0 Å². The predicted molar refractivity (Wildman–Crippen MR) is 97.3 cm³/mol. The summed E-state index contributed by atoms with van der Waals surface area (Å²) in [6.07, 6.45) is 7.12. The lowest BCUT2D eigenvalue weighted by Crippen LogP contribution is -2.42. The van der Waals surface area contributed by atoms with Crippen LogP contribution in [0, 0.1) is 0 Å². The first-order valence-electron chi connectivity index (χ1n) is 8.99. The summed E-state index contributed by atoms with van der Waals surface area (Å²) >= 11 is 1.88. The molecule has 1 aliphatic heterocycles. The van der Waals surface area contributed by atoms with Crippen molar-refractivity contribution in [3.63, 3.8) is 0 Å². The van der Waals surface area contributed by atoms with E-state index in [9.17, 15) is 5.11 Å². The number of nitrogens with one attached hydrogen (secondary N) is 1. The average molecular weight is 336 g/mol. The maximum Gasteiger partial charge on any atom is 0.194 e. The molecule has 0 bridgehead atoms. The Morgan fingerprint density at radius 2 is 2.26 bits per heavy atom. The van der Waals surface area contributed by atoms with Crippen molar-refractivity contribution in [2.45, 2.75) is 57.0 Å². The van der Waals surface area contributed by atoms with E-state index in [2.05, 4.69) is 34.7 Å². The molecule has 128 valence electrons. The number of guanidine groups is 1. The minimum Gasteiger partial charge on any atom is -0.391 e. The number of aliphatic hydroxyl groups excluding tert-OH is 1. The highest BCUT2D eigenvalue weighted by atomic mass is 32.1. The Kier molecular flexibility index (Phi) is 5.59. The summed E-state index contributed by atoms with van der Waals surface area (Å²) in [5.41, 5.74) is 0.228. The summed E-state index contributed by atoms with van der Waals surface area (Å²) < 4.78 is 0. The quantitative estimate of drug-likeness (QED) is 0.657. The Labute approximate surface area is 143 Å². The number of nitrogens with zero attached hydrogens (tertiary/aromatic N) is 2. The van der Waals surface area contributed by atoms with E-state index < -0.39 is 0 Å². The standard InChI is InChI=1S/C18H29N3OS/c1-2-19-17(21-11-8-15(22)13-21)20-14-18(9-4-3-5-10-18)16-7-6-12-23-16/h6-7,12,15,22H,2-5,8-11,13-14H2,1H3,(H,19,20)/t15-/m1/s1. The highest BCUT2D eigenvalue weighted by Crippen LogP contribution is 2.41. The molecule has 2 fully saturated rings. The minimum absolute atomic E-state index is 0.209. The van der Waals surface area contributed by atoms with Crippen LogP contribution in [0.1, 0.15) is 50.3 Å². The summed E-state index contributed by atoms with van der Waals surface area (Å²) in [4.78, 5) is 8.71. The van der Waals surface area contributed by atoms with Crippen LogP contribution in [-0.2, 0) is 5.41 Å². The van der Waals surface area contributed by atoms with Crippen LogP contribution in [-0.4, -0.2) is 48.2 Å². The second-order valence-corrected chi connectivity index (χ2v) is 7.82. The second-order valence-electron chi connectivity index (χ2n) is 6.88. The maximum atomic E-state index is 9.81. The summed E-state index contributed by atoms with van der Waals surface area (Å²) in [5.74, 6) is 0.977. The van der Waals surface area contributed by atoms with Gasteiger partial charge in [0.05, 0.1) is 12.6 Å². The van der Waals surface area contributed by atoms with E-state index in [1.807, 2.05) is 11.3 Å². The van der Waals surface area contributed by atoms with E-state index in [-0.39, 0.29) is 11.5 Å². The first kappa shape index (κ1) is 16.8. The minimum atomic E-state index is -0.209. The van der Waals surface area contributed by atoms with Gasteiger partial charge in [-0.1, -0.05) is 25.3 Å². The van der Waals surface area contributed by atoms with E-state index >= 15 is 0 Å². The number of hydrogen-bond acceptors (Lipinski definition) is 3. The van der Waals surface area contributed by atoms with Gasteiger partial charge in [0.2, 0.25) is 0 Å². The molecule has 2 N–H and O–H groups in total. The highest BCUT2D eigenvalue weighted by molar-refractivity contribution is 7.10. The molecule has 0 aromatic carbocycles. The smallest absolute Gasteiger partial charge is 0.194 e. The molecule has 1 aromatic rings. The SMILES string of the molecule is CCNC(=NCC1(c2cccs2)CCCCC1)N1CC[C@@H](O)C1. The zero-order valence-corrected chi connectivity index (χ0v) is 14.9. The summed E-state index contributed by atoms with van der Waals surface area (Å²) in [6.45, 7) is 5.45. The van der Waals surface area contributed by atoms with Gasteiger partial charge in [-0.2, -0.15) is 0 Å². The third-order valence-electron chi connectivity index (χ3n) is 5.18. The largest absolute Gasteiger partial charge is 0.391 e. The van der Waals surface area contributed by atoms with Crippen molar-refractivity contribution in [3.8, 4) is 0 Å². The third-order valence-corrected chi connectivity index (χ3v) is 6.30. The molecular weight excluding hydrogens is 306 g/mol. The Bertz CT molecular complexity index is 508. The fourth-order valence-corrected chi connectivity index (χ4v) is 4.86. The monoisotopic (exact) mass is 335 g/mol. The fraction of sp³-hybridized carbons (Fsp3) is 0.722. The number of likely N-dealkylation sites (tertiary alicyclic amines) is 1. The van der Waals surface area contributed by atoms with Crippen LogP contribution in [0.15, 0.2) is 22.5 Å². The number of aliphatic imine (C=N–C) groups is 1. The number of aliphatic hydroxyl groups is 1. The lowest BCUT2D eigenvalue weighted by molar-refractivity contribution is 0.187. The van der Waals surface area contributed by atoms with Crippen LogP contribution in [0.2, 0.25) is 0 Å². The van der Waals surface area contributed by atoms with Crippen molar-refractivity contribution in [2.24, 2.45) is 4.99 Å². The van der Waals surface area contributed by atoms with Gasteiger partial charge in [0.15, 0.2) is 5.96 Å². The molecule has 0 amide bonds. The lowest BCUT2D eigenvalue weighted by Gasteiger charge is -2.36. The number of rotatable bonds is 4. The van der Waals surface area contributed by atoms with E-state index in [0.29, 0.717) is 6.54 Å². The number of β-amino-alcohol motifs (C(OH)–C–C–N with tert-alkyl or cyclic N) is 1.